The van der Waals surface area contributed by atoms with Crippen molar-refractivity contribution in [3.05, 3.63) is 35.9 Å². The lowest BCUT2D eigenvalue weighted by Gasteiger charge is -2.33. The third kappa shape index (κ3) is 4.69. The van der Waals surface area contributed by atoms with Crippen LogP contribution in [0.1, 0.15) is 18.9 Å². The van der Waals surface area contributed by atoms with Crippen molar-refractivity contribution in [3.63, 3.8) is 0 Å². The number of hydrogen-bond acceptors (Lipinski definition) is 3. The molecule has 2 atom stereocenters. The Hall–Kier alpha value is -0.710. The largest absolute Gasteiger partial charge is 0.339 e. The Morgan fingerprint density at radius 2 is 2.15 bits per heavy atom. The van der Waals surface area contributed by atoms with Gasteiger partial charge in [0.1, 0.15) is 0 Å². The van der Waals surface area contributed by atoms with Gasteiger partial charge in [0, 0.05) is 24.1 Å². The second-order valence-corrected chi connectivity index (χ2v) is 6.39. The first kappa shape index (κ1) is 17.3. The van der Waals surface area contributed by atoms with Gasteiger partial charge < -0.3 is 10.6 Å². The number of rotatable bonds is 4. The van der Waals surface area contributed by atoms with E-state index in [0.717, 1.165) is 30.8 Å². The third-order valence-electron chi connectivity index (χ3n) is 3.52. The monoisotopic (exact) mass is 314 g/mol. The van der Waals surface area contributed by atoms with E-state index in [2.05, 4.69) is 6.92 Å². The smallest absolute Gasteiger partial charge is 0.239 e. The Morgan fingerprint density at radius 1 is 1.45 bits per heavy atom. The molecule has 0 aromatic heterocycles. The maximum Gasteiger partial charge on any atom is 0.239 e. The molecule has 1 saturated heterocycles. The number of thioether (sulfide) groups is 1. The predicted octanol–water partition coefficient (Wildman–Crippen LogP) is 2.33. The molecule has 2 rings (SSSR count). The number of nitrogens with zero attached hydrogens (tertiary/aromatic N) is 1. The van der Waals surface area contributed by atoms with Gasteiger partial charge in [-0.15, -0.1) is 12.4 Å². The molecule has 0 aliphatic carbocycles. The molecule has 112 valence electrons. The molecular weight excluding hydrogens is 292 g/mol. The molecule has 1 aliphatic heterocycles. The normalized spacial score (nSPS) is 20.1. The minimum atomic E-state index is -0.414. The SMILES string of the molecule is CCC1CN(C(=O)C(N)Cc2ccccc2)CCS1.Cl. The number of carbonyl (C=O) groups excluding carboxylic acids is 1. The fourth-order valence-corrected chi connectivity index (χ4v) is 3.54. The second kappa shape index (κ2) is 8.55. The summed E-state index contributed by atoms with van der Waals surface area (Å²) in [6, 6.07) is 9.57. The van der Waals surface area contributed by atoms with E-state index in [-0.39, 0.29) is 18.3 Å². The Kier molecular flexibility index (Phi) is 7.41. The minimum absolute atomic E-state index is 0. The molecule has 0 bridgehead atoms. The van der Waals surface area contributed by atoms with E-state index in [4.69, 9.17) is 5.73 Å². The summed E-state index contributed by atoms with van der Waals surface area (Å²) in [5, 5.41) is 0.571. The first-order valence-corrected chi connectivity index (χ1v) is 7.95. The van der Waals surface area contributed by atoms with Crippen LogP contribution >= 0.6 is 24.2 Å². The summed E-state index contributed by atoms with van der Waals surface area (Å²) in [5.74, 6) is 1.13. The number of amides is 1. The van der Waals surface area contributed by atoms with Gasteiger partial charge in [0.2, 0.25) is 5.91 Å². The molecule has 1 fully saturated rings. The summed E-state index contributed by atoms with van der Waals surface area (Å²) in [6.07, 6.45) is 1.74. The number of benzene rings is 1. The van der Waals surface area contributed by atoms with Gasteiger partial charge in [-0.05, 0) is 18.4 Å². The van der Waals surface area contributed by atoms with Crippen molar-refractivity contribution in [2.75, 3.05) is 18.8 Å². The Balaban J connectivity index is 0.00000200. The van der Waals surface area contributed by atoms with E-state index >= 15 is 0 Å². The van der Waals surface area contributed by atoms with Gasteiger partial charge in [0.25, 0.3) is 0 Å². The fraction of sp³-hybridized carbons (Fsp3) is 0.533. The van der Waals surface area contributed by atoms with Crippen molar-refractivity contribution in [2.24, 2.45) is 5.73 Å². The van der Waals surface area contributed by atoms with Crippen LogP contribution in [0.15, 0.2) is 30.3 Å². The van der Waals surface area contributed by atoms with Crippen LogP contribution in [0, 0.1) is 0 Å². The number of hydrogen-bond donors (Lipinski definition) is 1. The zero-order valence-corrected chi connectivity index (χ0v) is 13.5. The lowest BCUT2D eigenvalue weighted by atomic mass is 10.1. The Labute approximate surface area is 131 Å². The summed E-state index contributed by atoms with van der Waals surface area (Å²) in [5.41, 5.74) is 7.20. The first-order chi connectivity index (χ1) is 9.20. The molecule has 1 amide bonds. The van der Waals surface area contributed by atoms with E-state index in [0.29, 0.717) is 11.7 Å². The van der Waals surface area contributed by atoms with Crippen LogP contribution in [0.4, 0.5) is 0 Å². The van der Waals surface area contributed by atoms with E-state index < -0.39 is 6.04 Å². The van der Waals surface area contributed by atoms with Gasteiger partial charge in [-0.3, -0.25) is 4.79 Å². The van der Waals surface area contributed by atoms with Crippen molar-refractivity contribution in [2.45, 2.75) is 31.1 Å². The minimum Gasteiger partial charge on any atom is -0.339 e. The van der Waals surface area contributed by atoms with Crippen molar-refractivity contribution >= 4 is 30.1 Å². The fourth-order valence-electron chi connectivity index (χ4n) is 2.36. The van der Waals surface area contributed by atoms with Crippen LogP contribution in [0.25, 0.3) is 0 Å². The molecule has 1 aromatic carbocycles. The average Bonchev–Trinajstić information content (AvgIpc) is 2.47. The zero-order valence-electron chi connectivity index (χ0n) is 11.8. The zero-order chi connectivity index (χ0) is 13.7. The molecule has 2 unspecified atom stereocenters. The highest BCUT2D eigenvalue weighted by Crippen LogP contribution is 2.21. The van der Waals surface area contributed by atoms with Crippen LogP contribution < -0.4 is 5.73 Å². The molecule has 5 heteroatoms. The maximum absolute atomic E-state index is 12.4. The van der Waals surface area contributed by atoms with E-state index in [1.54, 1.807) is 0 Å². The van der Waals surface area contributed by atoms with Crippen LogP contribution in [0.2, 0.25) is 0 Å². The van der Waals surface area contributed by atoms with Gasteiger partial charge >= 0.3 is 0 Å². The van der Waals surface area contributed by atoms with Crippen molar-refractivity contribution < 1.29 is 4.79 Å². The van der Waals surface area contributed by atoms with E-state index in [9.17, 15) is 4.79 Å². The molecular formula is C15H23ClN2OS. The summed E-state index contributed by atoms with van der Waals surface area (Å²) >= 11 is 1.97. The highest BCUT2D eigenvalue weighted by molar-refractivity contribution is 8.00. The van der Waals surface area contributed by atoms with Crippen molar-refractivity contribution in [1.82, 2.24) is 4.90 Å². The lowest BCUT2D eigenvalue weighted by molar-refractivity contribution is -0.132. The molecule has 0 radical (unpaired) electrons. The topological polar surface area (TPSA) is 46.3 Å². The summed E-state index contributed by atoms with van der Waals surface area (Å²) in [4.78, 5) is 14.3. The Bertz CT molecular complexity index is 416. The summed E-state index contributed by atoms with van der Waals surface area (Å²) in [6.45, 7) is 3.86. The molecule has 3 nitrogen and oxygen atoms in total. The summed E-state index contributed by atoms with van der Waals surface area (Å²) in [7, 11) is 0. The predicted molar refractivity (Wildman–Crippen MR) is 88.5 cm³/mol. The van der Waals surface area contributed by atoms with Gasteiger partial charge in [0.05, 0.1) is 6.04 Å². The second-order valence-electron chi connectivity index (χ2n) is 4.98. The van der Waals surface area contributed by atoms with Gasteiger partial charge in [0.15, 0.2) is 0 Å². The van der Waals surface area contributed by atoms with Crippen molar-refractivity contribution in [3.8, 4) is 0 Å². The molecule has 1 heterocycles. The van der Waals surface area contributed by atoms with Crippen molar-refractivity contribution in [1.29, 1.82) is 0 Å². The highest BCUT2D eigenvalue weighted by Gasteiger charge is 2.26. The van der Waals surface area contributed by atoms with Crippen LogP contribution in [-0.2, 0) is 11.2 Å². The molecule has 0 spiro atoms. The third-order valence-corrected chi connectivity index (χ3v) is 4.89. The summed E-state index contributed by atoms with van der Waals surface area (Å²) < 4.78 is 0. The molecule has 2 N–H and O–H groups in total. The highest BCUT2D eigenvalue weighted by atomic mass is 35.5. The van der Waals surface area contributed by atoms with Gasteiger partial charge in [-0.25, -0.2) is 0 Å². The standard InChI is InChI=1S/C15H22N2OS.ClH/c1-2-13-11-17(8-9-19-13)15(18)14(16)10-12-6-4-3-5-7-12;/h3-7,13-14H,2,8-11,16H2,1H3;1H. The molecule has 0 saturated carbocycles. The number of halogens is 1. The molecule has 20 heavy (non-hydrogen) atoms. The number of nitrogens with two attached hydrogens (primary N) is 1. The lowest BCUT2D eigenvalue weighted by Crippen LogP contribution is -2.49. The Morgan fingerprint density at radius 3 is 2.80 bits per heavy atom. The van der Waals surface area contributed by atoms with Crippen LogP contribution in [-0.4, -0.2) is 40.9 Å². The number of carbonyl (C=O) groups is 1. The quantitative estimate of drug-likeness (QED) is 0.928. The maximum atomic E-state index is 12.4. The molecule has 1 aromatic rings. The van der Waals surface area contributed by atoms with Crippen LogP contribution in [0.5, 0.6) is 0 Å². The van der Waals surface area contributed by atoms with E-state index in [1.165, 1.54) is 0 Å². The van der Waals surface area contributed by atoms with Crippen LogP contribution in [0.3, 0.4) is 0 Å². The molecule has 1 aliphatic rings. The van der Waals surface area contributed by atoms with Gasteiger partial charge in [-0.1, -0.05) is 37.3 Å². The average molecular weight is 315 g/mol. The van der Waals surface area contributed by atoms with Gasteiger partial charge in [-0.2, -0.15) is 11.8 Å². The first-order valence-electron chi connectivity index (χ1n) is 6.90. The van der Waals surface area contributed by atoms with E-state index in [1.807, 2.05) is 47.0 Å².